The molecule has 0 amide bonds. The third-order valence-corrected chi connectivity index (χ3v) is 4.25. The summed E-state index contributed by atoms with van der Waals surface area (Å²) in [6.07, 6.45) is 5.65. The van der Waals surface area contributed by atoms with Crippen LogP contribution in [0.15, 0.2) is 42.9 Å². The highest BCUT2D eigenvalue weighted by atomic mass is 19.1. The third kappa shape index (κ3) is 3.60. The van der Waals surface area contributed by atoms with Crippen molar-refractivity contribution in [3.05, 3.63) is 54.2 Å². The highest BCUT2D eigenvalue weighted by molar-refractivity contribution is 5.37. The van der Waals surface area contributed by atoms with Gasteiger partial charge in [-0.3, -0.25) is 4.90 Å². The summed E-state index contributed by atoms with van der Waals surface area (Å²) in [4.78, 5) is 12.9. The molecule has 0 saturated carbocycles. The van der Waals surface area contributed by atoms with Crippen LogP contribution >= 0.6 is 0 Å². The highest BCUT2D eigenvalue weighted by Gasteiger charge is 2.24. The van der Waals surface area contributed by atoms with Gasteiger partial charge < -0.3 is 4.90 Å². The van der Waals surface area contributed by atoms with Crippen LogP contribution in [0, 0.1) is 5.82 Å². The van der Waals surface area contributed by atoms with Gasteiger partial charge in [-0.1, -0.05) is 12.1 Å². The molecule has 3 rings (SSSR count). The molecule has 116 valence electrons. The molecule has 1 aliphatic heterocycles. The molecule has 0 N–H and O–H groups in total. The minimum Gasteiger partial charge on any atom is -0.355 e. The Morgan fingerprint density at radius 3 is 3.05 bits per heavy atom. The van der Waals surface area contributed by atoms with Crippen molar-refractivity contribution in [1.82, 2.24) is 14.9 Å². The lowest BCUT2D eigenvalue weighted by Gasteiger charge is -2.38. The summed E-state index contributed by atoms with van der Waals surface area (Å²) in [5.41, 5.74) is 1.03. The number of aromatic nitrogens is 2. The lowest BCUT2D eigenvalue weighted by atomic mass is 10.0. The molecule has 4 nitrogen and oxygen atoms in total. The van der Waals surface area contributed by atoms with Crippen molar-refractivity contribution in [2.75, 3.05) is 25.0 Å². The fourth-order valence-electron chi connectivity index (χ4n) is 3.06. The van der Waals surface area contributed by atoms with Gasteiger partial charge in [0.05, 0.1) is 0 Å². The molecule has 0 radical (unpaired) electrons. The summed E-state index contributed by atoms with van der Waals surface area (Å²) >= 11 is 0. The molecule has 1 fully saturated rings. The summed E-state index contributed by atoms with van der Waals surface area (Å²) in [6, 6.07) is 9.24. The van der Waals surface area contributed by atoms with Crippen LogP contribution < -0.4 is 4.90 Å². The van der Waals surface area contributed by atoms with E-state index >= 15 is 0 Å². The number of nitrogens with zero attached hydrogens (tertiary/aromatic N) is 4. The lowest BCUT2D eigenvalue weighted by Crippen LogP contribution is -2.46. The Balaban J connectivity index is 1.64. The van der Waals surface area contributed by atoms with Gasteiger partial charge >= 0.3 is 0 Å². The first-order valence-corrected chi connectivity index (χ1v) is 7.68. The van der Waals surface area contributed by atoms with Crippen molar-refractivity contribution < 1.29 is 4.39 Å². The van der Waals surface area contributed by atoms with Crippen molar-refractivity contribution in [1.29, 1.82) is 0 Å². The van der Waals surface area contributed by atoms with E-state index in [1.165, 1.54) is 6.07 Å². The molecule has 1 aromatic heterocycles. The second kappa shape index (κ2) is 6.83. The van der Waals surface area contributed by atoms with Gasteiger partial charge in [0.2, 0.25) is 0 Å². The van der Waals surface area contributed by atoms with Crippen LogP contribution in [0.25, 0.3) is 0 Å². The molecule has 1 aromatic carbocycles. The average molecular weight is 300 g/mol. The Hall–Kier alpha value is -2.01. The maximum Gasteiger partial charge on any atom is 0.131 e. The quantitative estimate of drug-likeness (QED) is 0.869. The Morgan fingerprint density at radius 2 is 2.27 bits per heavy atom. The predicted octanol–water partition coefficient (Wildman–Crippen LogP) is 2.72. The van der Waals surface area contributed by atoms with Crippen LogP contribution in [0.1, 0.15) is 18.4 Å². The monoisotopic (exact) mass is 300 g/mol. The summed E-state index contributed by atoms with van der Waals surface area (Å²) in [7, 11) is 2.08. The van der Waals surface area contributed by atoms with Crippen LogP contribution in [-0.4, -0.2) is 41.0 Å². The van der Waals surface area contributed by atoms with Crippen molar-refractivity contribution in [2.24, 2.45) is 0 Å². The second-order valence-corrected chi connectivity index (χ2v) is 5.84. The van der Waals surface area contributed by atoms with Crippen LogP contribution in [-0.2, 0) is 6.54 Å². The standard InChI is InChI=1S/C17H21FN4/c1-21(17-7-8-19-13-20-17)16-6-3-9-22(12-16)11-14-4-2-5-15(18)10-14/h2,4-5,7-8,10,13,16H,3,6,9,11-12H2,1H3. The van der Waals surface area contributed by atoms with Crippen LogP contribution in [0.3, 0.4) is 0 Å². The zero-order valence-electron chi connectivity index (χ0n) is 12.8. The molecule has 0 bridgehead atoms. The van der Waals surface area contributed by atoms with Gasteiger partial charge in [0.15, 0.2) is 0 Å². The Labute approximate surface area is 130 Å². The maximum absolute atomic E-state index is 13.3. The largest absolute Gasteiger partial charge is 0.355 e. The van der Waals surface area contributed by atoms with Gasteiger partial charge in [-0.2, -0.15) is 0 Å². The minimum atomic E-state index is -0.163. The van der Waals surface area contributed by atoms with Gasteiger partial charge in [-0.25, -0.2) is 14.4 Å². The van der Waals surface area contributed by atoms with Gasteiger partial charge in [-0.05, 0) is 43.1 Å². The van der Waals surface area contributed by atoms with Crippen LogP contribution in [0.5, 0.6) is 0 Å². The molecule has 0 spiro atoms. The van der Waals surface area contributed by atoms with Gasteiger partial charge in [0, 0.05) is 32.4 Å². The van der Waals surface area contributed by atoms with Crippen LogP contribution in [0.4, 0.5) is 10.2 Å². The molecule has 2 aromatic rings. The SMILES string of the molecule is CN(c1ccncn1)C1CCCN(Cc2cccc(F)c2)C1. The van der Waals surface area contributed by atoms with E-state index < -0.39 is 0 Å². The number of hydrogen-bond donors (Lipinski definition) is 0. The lowest BCUT2D eigenvalue weighted by molar-refractivity contribution is 0.198. The van der Waals surface area contributed by atoms with Crippen LogP contribution in [0.2, 0.25) is 0 Å². The Kier molecular flexibility index (Phi) is 4.63. The topological polar surface area (TPSA) is 32.3 Å². The summed E-state index contributed by atoms with van der Waals surface area (Å²) in [5.74, 6) is 0.789. The van der Waals surface area contributed by atoms with E-state index in [1.54, 1.807) is 24.7 Å². The number of halogens is 1. The normalized spacial score (nSPS) is 19.1. The first kappa shape index (κ1) is 14.9. The predicted molar refractivity (Wildman–Crippen MR) is 85.1 cm³/mol. The molecule has 0 aliphatic carbocycles. The molecule has 1 atom stereocenters. The Morgan fingerprint density at radius 1 is 1.36 bits per heavy atom. The summed E-state index contributed by atoms with van der Waals surface area (Å²) in [5, 5.41) is 0. The smallest absolute Gasteiger partial charge is 0.131 e. The molecule has 5 heteroatoms. The van der Waals surface area contributed by atoms with E-state index in [1.807, 2.05) is 12.1 Å². The van der Waals surface area contributed by atoms with Crippen molar-refractivity contribution in [2.45, 2.75) is 25.4 Å². The molecule has 1 unspecified atom stereocenters. The fourth-order valence-corrected chi connectivity index (χ4v) is 3.06. The fraction of sp³-hybridized carbons (Fsp3) is 0.412. The number of likely N-dealkylation sites (tertiary alicyclic amines) is 1. The van der Waals surface area contributed by atoms with Gasteiger partial charge in [0.1, 0.15) is 18.0 Å². The number of benzene rings is 1. The minimum absolute atomic E-state index is 0.163. The summed E-state index contributed by atoms with van der Waals surface area (Å²) in [6.45, 7) is 2.83. The van der Waals surface area contributed by atoms with E-state index in [9.17, 15) is 4.39 Å². The van der Waals surface area contributed by atoms with Crippen molar-refractivity contribution in [3.8, 4) is 0 Å². The van der Waals surface area contributed by atoms with E-state index in [0.29, 0.717) is 6.04 Å². The Bertz CT molecular complexity index is 605. The van der Waals surface area contributed by atoms with E-state index in [0.717, 1.165) is 43.9 Å². The van der Waals surface area contributed by atoms with Gasteiger partial charge in [0.25, 0.3) is 0 Å². The number of piperidine rings is 1. The number of likely N-dealkylation sites (N-methyl/N-ethyl adjacent to an activating group) is 1. The maximum atomic E-state index is 13.3. The molecular weight excluding hydrogens is 279 g/mol. The molecule has 1 saturated heterocycles. The average Bonchev–Trinajstić information content (AvgIpc) is 2.55. The first-order chi connectivity index (χ1) is 10.7. The second-order valence-electron chi connectivity index (χ2n) is 5.84. The number of anilines is 1. The van der Waals surface area contributed by atoms with E-state index in [2.05, 4.69) is 26.8 Å². The number of hydrogen-bond acceptors (Lipinski definition) is 4. The van der Waals surface area contributed by atoms with E-state index in [-0.39, 0.29) is 5.82 Å². The first-order valence-electron chi connectivity index (χ1n) is 7.68. The zero-order valence-corrected chi connectivity index (χ0v) is 12.8. The van der Waals surface area contributed by atoms with Gasteiger partial charge in [-0.15, -0.1) is 0 Å². The zero-order chi connectivity index (χ0) is 15.4. The molecule has 1 aliphatic rings. The molecule has 22 heavy (non-hydrogen) atoms. The molecular formula is C17H21FN4. The highest BCUT2D eigenvalue weighted by Crippen LogP contribution is 2.20. The van der Waals surface area contributed by atoms with Crippen molar-refractivity contribution in [3.63, 3.8) is 0 Å². The van der Waals surface area contributed by atoms with E-state index in [4.69, 9.17) is 0 Å². The number of rotatable bonds is 4. The summed E-state index contributed by atoms with van der Waals surface area (Å²) < 4.78 is 13.3. The van der Waals surface area contributed by atoms with Crippen molar-refractivity contribution >= 4 is 5.82 Å². The third-order valence-electron chi connectivity index (χ3n) is 4.25. The molecule has 2 heterocycles.